The maximum atomic E-state index is 13.5. The van der Waals surface area contributed by atoms with E-state index in [0.29, 0.717) is 6.42 Å². The van der Waals surface area contributed by atoms with Crippen molar-refractivity contribution in [3.8, 4) is 0 Å². The summed E-state index contributed by atoms with van der Waals surface area (Å²) in [4.78, 5) is 0. The van der Waals surface area contributed by atoms with Crippen molar-refractivity contribution in [2.45, 2.75) is 84.0 Å². The van der Waals surface area contributed by atoms with Crippen LogP contribution in [0.3, 0.4) is 0 Å². The van der Waals surface area contributed by atoms with Gasteiger partial charge in [0.2, 0.25) is 5.82 Å². The summed E-state index contributed by atoms with van der Waals surface area (Å²) in [6.45, 7) is 2.20. The number of benzene rings is 1. The average molecular weight is 411 g/mol. The predicted octanol–water partition coefficient (Wildman–Crippen LogP) is 7.97. The van der Waals surface area contributed by atoms with Crippen molar-refractivity contribution in [3.63, 3.8) is 0 Å². The normalized spacial score (nSPS) is 11.3. The third-order valence-corrected chi connectivity index (χ3v) is 5.89. The summed E-state index contributed by atoms with van der Waals surface area (Å²) < 4.78 is 66.3. The van der Waals surface area contributed by atoms with Gasteiger partial charge in [-0.15, -0.1) is 0 Å². The lowest BCUT2D eigenvalue weighted by molar-refractivity contribution is 0.368. The van der Waals surface area contributed by atoms with Crippen molar-refractivity contribution >= 4 is 11.8 Å². The summed E-state index contributed by atoms with van der Waals surface area (Å²) in [6, 6.07) is 0. The molecule has 0 spiro atoms. The third-order valence-electron chi connectivity index (χ3n) is 4.61. The van der Waals surface area contributed by atoms with Crippen molar-refractivity contribution in [3.05, 3.63) is 34.6 Å². The van der Waals surface area contributed by atoms with Gasteiger partial charge in [0.15, 0.2) is 23.3 Å². The zero-order valence-electron chi connectivity index (χ0n) is 16.2. The highest BCUT2D eigenvalue weighted by Crippen LogP contribution is 2.24. The van der Waals surface area contributed by atoms with Crippen LogP contribution >= 0.6 is 11.8 Å². The quantitative estimate of drug-likeness (QED) is 0.122. The molecule has 0 amide bonds. The summed E-state index contributed by atoms with van der Waals surface area (Å²) in [6.07, 6.45) is 11.7. The number of rotatable bonds is 15. The first-order chi connectivity index (χ1) is 13.0. The summed E-state index contributed by atoms with van der Waals surface area (Å²) >= 11 is 2.03. The van der Waals surface area contributed by atoms with Gasteiger partial charge in [-0.05, 0) is 37.2 Å². The van der Waals surface area contributed by atoms with Crippen molar-refractivity contribution in [2.24, 2.45) is 0 Å². The molecule has 0 heterocycles. The van der Waals surface area contributed by atoms with E-state index in [0.717, 1.165) is 25.7 Å². The molecule has 0 saturated carbocycles. The molecule has 0 nitrogen and oxygen atoms in total. The molecule has 0 radical (unpaired) electrons. The maximum absolute atomic E-state index is 13.5. The summed E-state index contributed by atoms with van der Waals surface area (Å²) in [5.74, 6) is -6.67. The van der Waals surface area contributed by atoms with E-state index in [-0.39, 0.29) is 6.42 Å². The monoisotopic (exact) mass is 410 g/mol. The van der Waals surface area contributed by atoms with Crippen molar-refractivity contribution in [1.29, 1.82) is 0 Å². The van der Waals surface area contributed by atoms with Crippen LogP contribution in [0.5, 0.6) is 0 Å². The van der Waals surface area contributed by atoms with Gasteiger partial charge >= 0.3 is 0 Å². The van der Waals surface area contributed by atoms with E-state index in [9.17, 15) is 22.0 Å². The topological polar surface area (TPSA) is 0 Å². The van der Waals surface area contributed by atoms with Gasteiger partial charge in [0.05, 0.1) is 0 Å². The first-order valence-electron chi connectivity index (χ1n) is 10.1. The molecule has 0 atom stereocenters. The molecular weight excluding hydrogens is 379 g/mol. The van der Waals surface area contributed by atoms with Crippen molar-refractivity contribution < 1.29 is 22.0 Å². The second kappa shape index (κ2) is 14.3. The minimum absolute atomic E-state index is 0.123. The molecule has 156 valence electrons. The average Bonchev–Trinajstić information content (AvgIpc) is 2.67. The van der Waals surface area contributed by atoms with E-state index in [2.05, 4.69) is 6.92 Å². The largest absolute Gasteiger partial charge is 0.203 e. The van der Waals surface area contributed by atoms with E-state index in [4.69, 9.17) is 0 Å². The van der Waals surface area contributed by atoms with Gasteiger partial charge in [-0.2, -0.15) is 11.8 Å². The number of hydrogen-bond acceptors (Lipinski definition) is 1. The Bertz CT molecular complexity index is 519. The van der Waals surface area contributed by atoms with E-state index in [1.54, 1.807) is 0 Å². The summed E-state index contributed by atoms with van der Waals surface area (Å²) in [5.41, 5.74) is -0.691. The molecule has 0 aliphatic carbocycles. The second-order valence-electron chi connectivity index (χ2n) is 6.95. The van der Waals surface area contributed by atoms with Gasteiger partial charge in [-0.1, -0.05) is 58.3 Å². The van der Waals surface area contributed by atoms with E-state index < -0.39 is 34.6 Å². The Morgan fingerprint density at radius 2 is 0.926 bits per heavy atom. The number of halogens is 5. The molecule has 0 aliphatic heterocycles. The van der Waals surface area contributed by atoms with Crippen LogP contribution in [0.25, 0.3) is 0 Å². The third kappa shape index (κ3) is 8.84. The first kappa shape index (κ1) is 24.3. The molecule has 0 fully saturated rings. The molecule has 1 aromatic rings. The SMILES string of the molecule is CCCSCCCCCCCCCCCCc1c(F)c(F)c(F)c(F)c1F. The van der Waals surface area contributed by atoms with E-state index in [1.807, 2.05) is 11.8 Å². The Kier molecular flexibility index (Phi) is 12.8. The van der Waals surface area contributed by atoms with Crippen LogP contribution in [0.15, 0.2) is 0 Å². The highest BCUT2D eigenvalue weighted by atomic mass is 32.2. The minimum Gasteiger partial charge on any atom is -0.203 e. The fraction of sp³-hybridized carbons (Fsp3) is 0.714. The number of unbranched alkanes of at least 4 members (excludes halogenated alkanes) is 9. The molecular formula is C21H31F5S. The lowest BCUT2D eigenvalue weighted by Crippen LogP contribution is -2.07. The Balaban J connectivity index is 2.06. The molecule has 1 rings (SSSR count). The predicted molar refractivity (Wildman–Crippen MR) is 104 cm³/mol. The Hall–Kier alpha value is -0.780. The molecule has 27 heavy (non-hydrogen) atoms. The smallest absolute Gasteiger partial charge is 0.200 e. The molecule has 0 saturated heterocycles. The van der Waals surface area contributed by atoms with Gasteiger partial charge in [0.25, 0.3) is 0 Å². The Morgan fingerprint density at radius 3 is 1.41 bits per heavy atom. The molecule has 6 heteroatoms. The second-order valence-corrected chi connectivity index (χ2v) is 8.17. The Morgan fingerprint density at radius 1 is 0.519 bits per heavy atom. The van der Waals surface area contributed by atoms with Crippen LogP contribution in [0.4, 0.5) is 22.0 Å². The molecule has 0 unspecified atom stereocenters. The van der Waals surface area contributed by atoms with Gasteiger partial charge in [-0.25, -0.2) is 22.0 Å². The first-order valence-corrected chi connectivity index (χ1v) is 11.2. The maximum Gasteiger partial charge on any atom is 0.200 e. The molecule has 0 N–H and O–H groups in total. The van der Waals surface area contributed by atoms with Crippen molar-refractivity contribution in [2.75, 3.05) is 11.5 Å². The summed E-state index contributed by atoms with van der Waals surface area (Å²) in [7, 11) is 0. The van der Waals surface area contributed by atoms with Crippen molar-refractivity contribution in [1.82, 2.24) is 0 Å². The van der Waals surface area contributed by atoms with Gasteiger partial charge in [0, 0.05) is 5.56 Å². The zero-order chi connectivity index (χ0) is 20.1. The van der Waals surface area contributed by atoms with Crippen LogP contribution in [0.2, 0.25) is 0 Å². The Labute approximate surface area is 164 Å². The molecule has 1 aromatic carbocycles. The highest BCUT2D eigenvalue weighted by Gasteiger charge is 2.24. The van der Waals surface area contributed by atoms with Gasteiger partial charge in [-0.3, -0.25) is 0 Å². The van der Waals surface area contributed by atoms with Gasteiger partial charge in [0.1, 0.15) is 0 Å². The standard InChI is InChI=1S/C21H31F5S/c1-2-14-27-15-12-10-8-6-4-3-5-7-9-11-13-16-17(22)19(24)21(26)20(25)18(16)23/h2-15H2,1H3. The number of hydrogen-bond donors (Lipinski definition) is 0. The van der Waals surface area contributed by atoms with Crippen LogP contribution in [-0.2, 0) is 6.42 Å². The summed E-state index contributed by atoms with van der Waals surface area (Å²) in [5, 5.41) is 0. The zero-order valence-corrected chi connectivity index (χ0v) is 17.0. The van der Waals surface area contributed by atoms with Crippen LogP contribution in [0, 0.1) is 29.1 Å². The minimum atomic E-state index is -2.09. The molecule has 0 bridgehead atoms. The molecule has 0 aliphatic rings. The van der Waals surface area contributed by atoms with E-state index >= 15 is 0 Å². The lowest BCUT2D eigenvalue weighted by atomic mass is 10.0. The number of thioether (sulfide) groups is 1. The highest BCUT2D eigenvalue weighted by molar-refractivity contribution is 7.99. The van der Waals surface area contributed by atoms with Crippen LogP contribution < -0.4 is 0 Å². The van der Waals surface area contributed by atoms with Gasteiger partial charge < -0.3 is 0 Å². The van der Waals surface area contributed by atoms with E-state index in [1.165, 1.54) is 50.0 Å². The van der Waals surface area contributed by atoms with Crippen LogP contribution in [0.1, 0.15) is 83.1 Å². The fourth-order valence-corrected chi connectivity index (χ4v) is 3.94. The van der Waals surface area contributed by atoms with Crippen LogP contribution in [-0.4, -0.2) is 11.5 Å². The fourth-order valence-electron chi connectivity index (χ4n) is 3.04. The lowest BCUT2D eigenvalue weighted by Gasteiger charge is -2.08. The molecule has 0 aromatic heterocycles.